The van der Waals surface area contributed by atoms with Gasteiger partial charge in [0.1, 0.15) is 0 Å². The van der Waals surface area contributed by atoms with Crippen LogP contribution in [0.3, 0.4) is 0 Å². The van der Waals surface area contributed by atoms with Crippen molar-refractivity contribution in [3.8, 4) is 0 Å². The van der Waals surface area contributed by atoms with Crippen molar-refractivity contribution in [2.24, 2.45) is 28.5 Å². The fraction of sp³-hybridized carbons (Fsp3) is 0.467. The van der Waals surface area contributed by atoms with E-state index in [2.05, 4.69) is 15.6 Å². The summed E-state index contributed by atoms with van der Waals surface area (Å²) in [6, 6.07) is 14.6. The topological polar surface area (TPSA) is 114 Å². The fourth-order valence-corrected chi connectivity index (χ4v) is 5.88. The van der Waals surface area contributed by atoms with E-state index in [1.165, 1.54) is 0 Å². The van der Waals surface area contributed by atoms with Gasteiger partial charge in [-0.15, -0.1) is 0 Å². The second-order valence-corrected chi connectivity index (χ2v) is 11.4. The van der Waals surface area contributed by atoms with E-state index in [9.17, 15) is 36.3 Å². The lowest BCUT2D eigenvalue weighted by Crippen LogP contribution is -2.49. The van der Waals surface area contributed by atoms with Gasteiger partial charge in [0.05, 0.1) is 11.4 Å². The molecule has 5 rings (SSSR count). The number of para-hydroxylation sites is 1. The first-order valence-corrected chi connectivity index (χ1v) is 13.9. The van der Waals surface area contributed by atoms with E-state index >= 15 is 0 Å². The first-order chi connectivity index (χ1) is 19.8. The van der Waals surface area contributed by atoms with Crippen LogP contribution in [0.5, 0.6) is 0 Å². The van der Waals surface area contributed by atoms with Crippen LogP contribution < -0.4 is 16.4 Å². The van der Waals surface area contributed by atoms with Gasteiger partial charge in [-0.3, -0.25) is 14.4 Å². The molecule has 2 aromatic rings. The van der Waals surface area contributed by atoms with E-state index in [4.69, 9.17) is 5.73 Å². The van der Waals surface area contributed by atoms with Crippen LogP contribution in [-0.4, -0.2) is 41.7 Å². The zero-order valence-electron chi connectivity index (χ0n) is 22.6. The Morgan fingerprint density at radius 2 is 1.74 bits per heavy atom. The molecule has 0 radical (unpaired) electrons. The zero-order valence-corrected chi connectivity index (χ0v) is 22.6. The summed E-state index contributed by atoms with van der Waals surface area (Å²) < 4.78 is 66.4. The van der Waals surface area contributed by atoms with Gasteiger partial charge in [-0.1, -0.05) is 48.5 Å². The third-order valence-electron chi connectivity index (χ3n) is 8.14. The van der Waals surface area contributed by atoms with E-state index in [1.807, 2.05) is 18.2 Å². The van der Waals surface area contributed by atoms with Crippen LogP contribution in [0.1, 0.15) is 67.6 Å². The molecular formula is C30H31F5N4O3. The van der Waals surface area contributed by atoms with Gasteiger partial charge >= 0.3 is 6.18 Å². The zero-order chi connectivity index (χ0) is 30.2. The SMILES string of the molecule is NC(=O)[C@H](CCC(F)(F)F)[C@H](CC1CC(F)(F)C1)C(=O)N[C@H]1N=C(c2ccccc2)c2cccc(C3CC3)c2NC1=O. The second-order valence-electron chi connectivity index (χ2n) is 11.4. The number of carbonyl (C=O) groups is 3. The number of hydrogen-bond donors (Lipinski definition) is 3. The van der Waals surface area contributed by atoms with Crippen LogP contribution in [0.25, 0.3) is 0 Å². The van der Waals surface area contributed by atoms with Crippen molar-refractivity contribution in [3.63, 3.8) is 0 Å². The average Bonchev–Trinajstić information content (AvgIpc) is 3.75. The monoisotopic (exact) mass is 590 g/mol. The molecule has 2 aliphatic carbocycles. The van der Waals surface area contributed by atoms with Crippen molar-refractivity contribution in [2.75, 3.05) is 5.32 Å². The average molecular weight is 591 g/mol. The number of carbonyl (C=O) groups excluding carboxylic acids is 3. The number of anilines is 1. The maximum atomic E-state index is 13.6. The molecule has 2 aromatic carbocycles. The van der Waals surface area contributed by atoms with Crippen molar-refractivity contribution < 1.29 is 36.3 Å². The summed E-state index contributed by atoms with van der Waals surface area (Å²) in [6.07, 6.45) is -7.77. The number of alkyl halides is 5. The van der Waals surface area contributed by atoms with Crippen molar-refractivity contribution in [1.29, 1.82) is 0 Å². The summed E-state index contributed by atoms with van der Waals surface area (Å²) in [5.41, 5.74) is 8.66. The summed E-state index contributed by atoms with van der Waals surface area (Å²) in [5.74, 6) is -9.18. The number of benzodiazepines with no additional fused rings is 1. The summed E-state index contributed by atoms with van der Waals surface area (Å²) in [4.78, 5) is 44.0. The minimum Gasteiger partial charge on any atom is -0.369 e. The molecule has 0 saturated heterocycles. The third kappa shape index (κ3) is 6.79. The van der Waals surface area contributed by atoms with Crippen LogP contribution in [0.4, 0.5) is 27.6 Å². The maximum absolute atomic E-state index is 13.6. The van der Waals surface area contributed by atoms with Crippen molar-refractivity contribution >= 4 is 29.1 Å². The van der Waals surface area contributed by atoms with Crippen LogP contribution in [0.2, 0.25) is 0 Å². The standard InChI is InChI=1S/C30H31F5N4O3/c31-29(32)14-16(15-29)13-22(20(25(36)40)11-12-30(33,34)35)27(41)39-26-28(42)38-24-19(17-9-10-17)7-4-8-21(24)23(37-26)18-5-2-1-3-6-18/h1-8,16-17,20,22,26H,9-15H2,(H2,36,40)(H,38,42)(H,39,41)/t20-,22+,26-/m1/s1. The summed E-state index contributed by atoms with van der Waals surface area (Å²) in [7, 11) is 0. The number of nitrogens with zero attached hydrogens (tertiary/aromatic N) is 1. The van der Waals surface area contributed by atoms with Crippen molar-refractivity contribution in [2.45, 2.75) is 69.1 Å². The smallest absolute Gasteiger partial charge is 0.369 e. The molecule has 2 fully saturated rings. The Hall–Kier alpha value is -3.83. The molecule has 1 heterocycles. The molecule has 1 aliphatic heterocycles. The molecule has 3 atom stereocenters. The van der Waals surface area contributed by atoms with E-state index < -0.39 is 79.4 Å². The molecule has 224 valence electrons. The van der Waals surface area contributed by atoms with Gasteiger partial charge in [0.2, 0.25) is 23.9 Å². The summed E-state index contributed by atoms with van der Waals surface area (Å²) >= 11 is 0. The number of nitrogens with one attached hydrogen (secondary N) is 2. The highest BCUT2D eigenvalue weighted by molar-refractivity contribution is 6.20. The Morgan fingerprint density at radius 1 is 1.05 bits per heavy atom. The molecule has 3 aliphatic rings. The number of hydrogen-bond acceptors (Lipinski definition) is 4. The number of rotatable bonds is 10. The molecule has 0 spiro atoms. The molecule has 12 heteroatoms. The molecule has 0 unspecified atom stereocenters. The Balaban J connectivity index is 1.47. The largest absolute Gasteiger partial charge is 0.389 e. The number of amides is 3. The van der Waals surface area contributed by atoms with E-state index in [0.717, 1.165) is 18.4 Å². The Kier molecular flexibility index (Phi) is 8.08. The summed E-state index contributed by atoms with van der Waals surface area (Å²) in [6.45, 7) is 0. The Labute approximate surface area is 239 Å². The number of nitrogens with two attached hydrogens (primary N) is 1. The van der Waals surface area contributed by atoms with Gasteiger partial charge in [0, 0.05) is 42.2 Å². The van der Waals surface area contributed by atoms with E-state index in [0.29, 0.717) is 22.5 Å². The first-order valence-electron chi connectivity index (χ1n) is 13.9. The quantitative estimate of drug-likeness (QED) is 0.327. The van der Waals surface area contributed by atoms with Crippen LogP contribution >= 0.6 is 0 Å². The number of benzene rings is 2. The van der Waals surface area contributed by atoms with Gasteiger partial charge in [-0.2, -0.15) is 13.2 Å². The lowest BCUT2D eigenvalue weighted by atomic mass is 9.72. The number of primary amides is 1. The van der Waals surface area contributed by atoms with Gasteiger partial charge < -0.3 is 16.4 Å². The molecule has 4 N–H and O–H groups in total. The van der Waals surface area contributed by atoms with E-state index in [1.54, 1.807) is 30.3 Å². The number of fused-ring (bicyclic) bond motifs is 1. The fourth-order valence-electron chi connectivity index (χ4n) is 5.88. The molecule has 3 amide bonds. The molecule has 42 heavy (non-hydrogen) atoms. The lowest BCUT2D eigenvalue weighted by Gasteiger charge is -2.38. The van der Waals surface area contributed by atoms with Crippen molar-refractivity contribution in [3.05, 3.63) is 65.2 Å². The Bertz CT molecular complexity index is 1380. The normalized spacial score (nSPS) is 21.6. The highest BCUT2D eigenvalue weighted by atomic mass is 19.4. The maximum Gasteiger partial charge on any atom is 0.389 e. The Morgan fingerprint density at radius 3 is 2.33 bits per heavy atom. The first kappa shape index (κ1) is 29.7. The second kappa shape index (κ2) is 11.4. The number of aliphatic imine (C=N–C) groups is 1. The lowest BCUT2D eigenvalue weighted by molar-refractivity contribution is -0.149. The molecule has 2 saturated carbocycles. The molecule has 0 bridgehead atoms. The van der Waals surface area contributed by atoms with E-state index in [-0.39, 0.29) is 12.3 Å². The van der Waals surface area contributed by atoms with Gasteiger partial charge in [-0.25, -0.2) is 13.8 Å². The minimum atomic E-state index is -4.63. The van der Waals surface area contributed by atoms with Gasteiger partial charge in [-0.05, 0) is 43.1 Å². The molecule has 0 aromatic heterocycles. The van der Waals surface area contributed by atoms with Gasteiger partial charge in [0.25, 0.3) is 5.91 Å². The van der Waals surface area contributed by atoms with Gasteiger partial charge in [0.15, 0.2) is 0 Å². The van der Waals surface area contributed by atoms with Crippen LogP contribution in [-0.2, 0) is 14.4 Å². The summed E-state index contributed by atoms with van der Waals surface area (Å²) in [5, 5.41) is 5.37. The van der Waals surface area contributed by atoms with Crippen LogP contribution in [0, 0.1) is 17.8 Å². The van der Waals surface area contributed by atoms with Crippen LogP contribution in [0.15, 0.2) is 53.5 Å². The predicted molar refractivity (Wildman–Crippen MR) is 145 cm³/mol. The highest BCUT2D eigenvalue weighted by Gasteiger charge is 2.48. The molecule has 7 nitrogen and oxygen atoms in total. The van der Waals surface area contributed by atoms with Crippen molar-refractivity contribution in [1.82, 2.24) is 5.32 Å². The third-order valence-corrected chi connectivity index (χ3v) is 8.14. The number of halogens is 5. The molecular weight excluding hydrogens is 559 g/mol. The minimum absolute atomic E-state index is 0.262. The predicted octanol–water partition coefficient (Wildman–Crippen LogP) is 5.29. The highest BCUT2D eigenvalue weighted by Crippen LogP contribution is 2.47.